The summed E-state index contributed by atoms with van der Waals surface area (Å²) < 4.78 is 26.8. The van der Waals surface area contributed by atoms with E-state index in [9.17, 15) is 18.0 Å². The van der Waals surface area contributed by atoms with Crippen LogP contribution in [0, 0.1) is 0 Å². The summed E-state index contributed by atoms with van der Waals surface area (Å²) in [4.78, 5) is 25.9. The molecule has 1 fully saturated rings. The third kappa shape index (κ3) is 3.61. The van der Waals surface area contributed by atoms with Crippen LogP contribution in [0.5, 0.6) is 0 Å². The minimum Gasteiger partial charge on any atom is -0.477 e. The molecule has 0 bridgehead atoms. The van der Waals surface area contributed by atoms with Crippen LogP contribution in [0.2, 0.25) is 0 Å². The molecular formula is C12H17N3O5S. The predicted octanol–water partition coefficient (Wildman–Crippen LogP) is 0.00210. The summed E-state index contributed by atoms with van der Waals surface area (Å²) in [5.41, 5.74) is -0.179. The fourth-order valence-corrected chi connectivity index (χ4v) is 3.55. The number of carbonyl (C=O) groups is 2. The summed E-state index contributed by atoms with van der Waals surface area (Å²) in [6, 6.07) is 0.823. The number of nitrogens with one attached hydrogen (secondary N) is 2. The number of rotatable bonds is 4. The number of amides is 1. The zero-order valence-corrected chi connectivity index (χ0v) is 12.3. The Balaban J connectivity index is 2.01. The topological polar surface area (TPSA) is 120 Å². The molecule has 1 aromatic rings. The van der Waals surface area contributed by atoms with Gasteiger partial charge in [-0.15, -0.1) is 0 Å². The summed E-state index contributed by atoms with van der Waals surface area (Å²) in [7, 11) is -3.76. The first-order valence-corrected chi connectivity index (χ1v) is 7.97. The lowest BCUT2D eigenvalue weighted by Crippen LogP contribution is -2.45. The fraction of sp³-hybridized carbons (Fsp3) is 0.500. The highest BCUT2D eigenvalue weighted by atomic mass is 32.2. The molecular weight excluding hydrogens is 298 g/mol. The van der Waals surface area contributed by atoms with E-state index in [1.807, 2.05) is 0 Å². The van der Waals surface area contributed by atoms with E-state index in [1.165, 1.54) is 6.92 Å². The van der Waals surface area contributed by atoms with E-state index in [2.05, 4.69) is 9.71 Å². The molecule has 9 heteroatoms. The van der Waals surface area contributed by atoms with Crippen LogP contribution in [0.3, 0.4) is 0 Å². The molecule has 0 aromatic carbocycles. The Morgan fingerprint density at radius 2 is 2.00 bits per heavy atom. The molecule has 1 aliphatic rings. The van der Waals surface area contributed by atoms with Gasteiger partial charge < -0.3 is 15.0 Å². The van der Waals surface area contributed by atoms with Gasteiger partial charge >= 0.3 is 5.97 Å². The molecule has 1 aliphatic heterocycles. The van der Waals surface area contributed by atoms with Crippen LogP contribution in [0.1, 0.15) is 30.3 Å². The number of aromatic carboxylic acids is 1. The van der Waals surface area contributed by atoms with Crippen molar-refractivity contribution in [3.05, 3.63) is 18.0 Å². The third-order valence-electron chi connectivity index (χ3n) is 3.46. The lowest BCUT2D eigenvalue weighted by atomic mass is 10.1. The number of sulfonamides is 1. The molecule has 116 valence electrons. The number of aromatic amines is 1. The van der Waals surface area contributed by atoms with Crippen LogP contribution in [-0.4, -0.2) is 54.4 Å². The number of hydrogen-bond donors (Lipinski definition) is 3. The standard InChI is InChI=1S/C12H17N3O5S/c1-8(16)15-4-2-9(3-5-15)14-21(19,20)10-6-11(12(17)18)13-7-10/h6-7,9,13-14H,2-5H2,1H3,(H,17,18). The lowest BCUT2D eigenvalue weighted by molar-refractivity contribution is -0.129. The Morgan fingerprint density at radius 3 is 2.48 bits per heavy atom. The average Bonchev–Trinajstić information content (AvgIpc) is 2.89. The van der Waals surface area contributed by atoms with Crippen molar-refractivity contribution in [2.24, 2.45) is 0 Å². The van der Waals surface area contributed by atoms with Gasteiger partial charge in [-0.1, -0.05) is 0 Å². The van der Waals surface area contributed by atoms with Crippen molar-refractivity contribution in [1.82, 2.24) is 14.6 Å². The van der Waals surface area contributed by atoms with Gasteiger partial charge in [-0.3, -0.25) is 4.79 Å². The summed E-state index contributed by atoms with van der Waals surface area (Å²) in [6.07, 6.45) is 2.22. The maximum atomic E-state index is 12.1. The first-order chi connectivity index (χ1) is 9.79. The van der Waals surface area contributed by atoms with E-state index in [0.717, 1.165) is 12.3 Å². The molecule has 0 saturated carbocycles. The summed E-state index contributed by atoms with van der Waals surface area (Å²) in [5.74, 6) is -1.24. The maximum Gasteiger partial charge on any atom is 0.352 e. The van der Waals surface area contributed by atoms with Crippen molar-refractivity contribution in [3.63, 3.8) is 0 Å². The van der Waals surface area contributed by atoms with Crippen LogP contribution >= 0.6 is 0 Å². The number of piperidine rings is 1. The predicted molar refractivity (Wildman–Crippen MR) is 73.3 cm³/mol. The molecule has 0 radical (unpaired) electrons. The number of carboxylic acids is 1. The normalized spacial score (nSPS) is 16.9. The van der Waals surface area contributed by atoms with E-state index in [4.69, 9.17) is 5.11 Å². The molecule has 8 nitrogen and oxygen atoms in total. The number of H-pyrrole nitrogens is 1. The van der Waals surface area contributed by atoms with Gasteiger partial charge in [-0.25, -0.2) is 17.9 Å². The highest BCUT2D eigenvalue weighted by molar-refractivity contribution is 7.89. The Morgan fingerprint density at radius 1 is 1.38 bits per heavy atom. The molecule has 0 aliphatic carbocycles. The molecule has 0 atom stereocenters. The van der Waals surface area contributed by atoms with Crippen LogP contribution in [0.15, 0.2) is 17.2 Å². The van der Waals surface area contributed by atoms with Crippen molar-refractivity contribution in [3.8, 4) is 0 Å². The van der Waals surface area contributed by atoms with Crippen molar-refractivity contribution in [2.45, 2.75) is 30.7 Å². The Labute approximate surface area is 122 Å². The highest BCUT2D eigenvalue weighted by Crippen LogP contribution is 2.16. The van der Waals surface area contributed by atoms with Gasteiger partial charge in [-0.05, 0) is 18.9 Å². The Kier molecular flexibility index (Phi) is 4.33. The second-order valence-corrected chi connectivity index (χ2v) is 6.67. The first-order valence-electron chi connectivity index (χ1n) is 6.49. The van der Waals surface area contributed by atoms with Gasteiger partial charge in [0.05, 0.1) is 0 Å². The zero-order valence-electron chi connectivity index (χ0n) is 11.5. The molecule has 1 aromatic heterocycles. The smallest absolute Gasteiger partial charge is 0.352 e. The van der Waals surface area contributed by atoms with Gasteiger partial charge in [0.25, 0.3) is 0 Å². The van der Waals surface area contributed by atoms with Gasteiger partial charge in [0.15, 0.2) is 0 Å². The van der Waals surface area contributed by atoms with Crippen molar-refractivity contribution in [1.29, 1.82) is 0 Å². The fourth-order valence-electron chi connectivity index (χ4n) is 2.25. The first kappa shape index (κ1) is 15.5. The number of carboxylic acid groups (broad SMARTS) is 1. The van der Waals surface area contributed by atoms with Crippen molar-refractivity contribution < 1.29 is 23.1 Å². The quantitative estimate of drug-likeness (QED) is 0.722. The number of hydrogen-bond acceptors (Lipinski definition) is 4. The van der Waals surface area contributed by atoms with Crippen LogP contribution < -0.4 is 4.72 Å². The Bertz CT molecular complexity index is 644. The third-order valence-corrected chi connectivity index (χ3v) is 4.96. The number of carbonyl (C=O) groups excluding carboxylic acids is 1. The van der Waals surface area contributed by atoms with E-state index < -0.39 is 16.0 Å². The van der Waals surface area contributed by atoms with Crippen molar-refractivity contribution >= 4 is 21.9 Å². The second-order valence-electron chi connectivity index (χ2n) is 4.96. The van der Waals surface area contributed by atoms with E-state index in [-0.39, 0.29) is 22.5 Å². The van der Waals surface area contributed by atoms with E-state index in [1.54, 1.807) is 4.90 Å². The number of nitrogens with zero attached hydrogens (tertiary/aromatic N) is 1. The van der Waals surface area contributed by atoms with Crippen LogP contribution in [0.25, 0.3) is 0 Å². The van der Waals surface area contributed by atoms with Gasteiger partial charge in [0.1, 0.15) is 10.6 Å². The van der Waals surface area contributed by atoms with E-state index >= 15 is 0 Å². The number of aromatic nitrogens is 1. The van der Waals surface area contributed by atoms with Crippen LogP contribution in [0.4, 0.5) is 0 Å². The zero-order chi connectivity index (χ0) is 15.6. The molecule has 2 rings (SSSR count). The van der Waals surface area contributed by atoms with Crippen molar-refractivity contribution in [2.75, 3.05) is 13.1 Å². The maximum absolute atomic E-state index is 12.1. The molecule has 3 N–H and O–H groups in total. The minimum absolute atomic E-state index is 0.0203. The second kappa shape index (κ2) is 5.86. The number of likely N-dealkylation sites (tertiary alicyclic amines) is 1. The molecule has 0 unspecified atom stereocenters. The Hall–Kier alpha value is -1.87. The lowest BCUT2D eigenvalue weighted by Gasteiger charge is -2.31. The summed E-state index contributed by atoms with van der Waals surface area (Å²) >= 11 is 0. The molecule has 2 heterocycles. The van der Waals surface area contributed by atoms with E-state index in [0.29, 0.717) is 25.9 Å². The highest BCUT2D eigenvalue weighted by Gasteiger charge is 2.26. The average molecular weight is 315 g/mol. The van der Waals surface area contributed by atoms with Crippen LogP contribution in [-0.2, 0) is 14.8 Å². The summed E-state index contributed by atoms with van der Waals surface area (Å²) in [6.45, 7) is 2.50. The summed E-state index contributed by atoms with van der Waals surface area (Å²) in [5, 5.41) is 8.78. The monoisotopic (exact) mass is 315 g/mol. The molecule has 21 heavy (non-hydrogen) atoms. The molecule has 1 saturated heterocycles. The van der Waals surface area contributed by atoms with Gasteiger partial charge in [0.2, 0.25) is 15.9 Å². The SMILES string of the molecule is CC(=O)N1CCC(NS(=O)(=O)c2c[nH]c(C(=O)O)c2)CC1. The molecule has 0 spiro atoms. The van der Waals surface area contributed by atoms with Gasteiger partial charge in [0, 0.05) is 32.3 Å². The minimum atomic E-state index is -3.76. The molecule has 1 amide bonds. The van der Waals surface area contributed by atoms with Gasteiger partial charge in [-0.2, -0.15) is 0 Å². The largest absolute Gasteiger partial charge is 0.477 e.